The van der Waals surface area contributed by atoms with Crippen molar-refractivity contribution in [3.05, 3.63) is 72.7 Å². The molecule has 1 aromatic heterocycles. The van der Waals surface area contributed by atoms with Crippen LogP contribution >= 0.6 is 0 Å². The Morgan fingerprint density at radius 3 is 2.28 bits per heavy atom. The van der Waals surface area contributed by atoms with Crippen LogP contribution in [0.15, 0.2) is 66.9 Å². The van der Waals surface area contributed by atoms with Crippen LogP contribution in [0.5, 0.6) is 0 Å². The van der Waals surface area contributed by atoms with E-state index in [-0.39, 0.29) is 30.4 Å². The van der Waals surface area contributed by atoms with Crippen molar-refractivity contribution in [2.24, 2.45) is 5.92 Å². The van der Waals surface area contributed by atoms with E-state index in [1.54, 1.807) is 4.90 Å². The van der Waals surface area contributed by atoms with Gasteiger partial charge in [0.15, 0.2) is 0 Å². The standard InChI is InChI=1S/C31H32BN3O4/c1-30(2)31(3,4)39-32(38-30)24-12-11-21-13-20(9-10-22(21)14-24)18-5-7-19(8-6-18)25-17-33-28(34-25)27-16-23-15-26(23)35(27)29(36)37/h5-14,17,23,26-27H,15-16H2,1-4H3,(H,33,34)(H,36,37). The highest BCUT2D eigenvalue weighted by molar-refractivity contribution is 6.62. The lowest BCUT2D eigenvalue weighted by molar-refractivity contribution is 0.00578. The molecule has 0 bridgehead atoms. The molecule has 3 aromatic carbocycles. The fourth-order valence-corrected chi connectivity index (χ4v) is 6.04. The normalized spacial score (nSPS) is 24.8. The van der Waals surface area contributed by atoms with Crippen LogP contribution in [0, 0.1) is 5.92 Å². The Morgan fingerprint density at radius 2 is 1.56 bits per heavy atom. The molecular formula is C31H32BN3O4. The molecule has 8 heteroatoms. The van der Waals surface area contributed by atoms with E-state index in [2.05, 4.69) is 98.3 Å². The molecule has 3 heterocycles. The number of carboxylic acid groups (broad SMARTS) is 1. The Hall–Kier alpha value is -3.62. The fourth-order valence-electron chi connectivity index (χ4n) is 6.04. The summed E-state index contributed by atoms with van der Waals surface area (Å²) in [5, 5.41) is 12.0. The molecule has 3 aliphatic rings. The molecule has 2 N–H and O–H groups in total. The maximum atomic E-state index is 11.7. The molecule has 2 saturated heterocycles. The van der Waals surface area contributed by atoms with Crippen LogP contribution in [0.2, 0.25) is 0 Å². The zero-order valence-electron chi connectivity index (χ0n) is 22.6. The van der Waals surface area contributed by atoms with Crippen molar-refractivity contribution >= 4 is 29.4 Å². The lowest BCUT2D eigenvalue weighted by atomic mass is 9.78. The van der Waals surface area contributed by atoms with E-state index in [0.717, 1.165) is 57.3 Å². The van der Waals surface area contributed by atoms with Crippen molar-refractivity contribution in [3.63, 3.8) is 0 Å². The molecule has 7 rings (SSSR count). The second-order valence-electron chi connectivity index (χ2n) is 12.2. The lowest BCUT2D eigenvalue weighted by Crippen LogP contribution is -2.41. The molecule has 3 unspecified atom stereocenters. The van der Waals surface area contributed by atoms with Gasteiger partial charge in [-0.05, 0) is 85.4 Å². The van der Waals surface area contributed by atoms with Gasteiger partial charge in [-0.2, -0.15) is 0 Å². The third-order valence-electron chi connectivity index (χ3n) is 9.16. The van der Waals surface area contributed by atoms with E-state index in [1.807, 2.05) is 6.20 Å². The van der Waals surface area contributed by atoms with Gasteiger partial charge in [0.2, 0.25) is 0 Å². The number of piperidine rings is 1. The predicted molar refractivity (Wildman–Crippen MR) is 152 cm³/mol. The number of hydrogen-bond donors (Lipinski definition) is 2. The van der Waals surface area contributed by atoms with Crippen LogP contribution in [0.3, 0.4) is 0 Å². The van der Waals surface area contributed by atoms with Crippen LogP contribution in [0.4, 0.5) is 4.79 Å². The van der Waals surface area contributed by atoms with Crippen LogP contribution in [0.1, 0.15) is 52.4 Å². The molecule has 1 saturated carbocycles. The first-order chi connectivity index (χ1) is 18.6. The maximum absolute atomic E-state index is 11.7. The van der Waals surface area contributed by atoms with Crippen molar-refractivity contribution in [2.45, 2.75) is 63.8 Å². The smallest absolute Gasteiger partial charge is 0.465 e. The van der Waals surface area contributed by atoms with Gasteiger partial charge in [-0.1, -0.05) is 54.6 Å². The first kappa shape index (κ1) is 24.4. The number of aromatic amines is 1. The Bertz CT molecular complexity index is 1580. The molecule has 39 heavy (non-hydrogen) atoms. The van der Waals surface area contributed by atoms with Crippen molar-refractivity contribution in [1.29, 1.82) is 0 Å². The van der Waals surface area contributed by atoms with E-state index < -0.39 is 6.09 Å². The van der Waals surface area contributed by atoms with Crippen LogP contribution < -0.4 is 5.46 Å². The highest BCUT2D eigenvalue weighted by Crippen LogP contribution is 2.53. The summed E-state index contributed by atoms with van der Waals surface area (Å²) in [5.74, 6) is 1.22. The SMILES string of the molecule is CC1(C)OB(c2ccc3cc(-c4ccc(-c5cnc(C6CC7CC7N6C(=O)O)[nH]5)cc4)ccc3c2)OC1(C)C. The molecule has 0 spiro atoms. The maximum Gasteiger partial charge on any atom is 0.494 e. The monoisotopic (exact) mass is 521 g/mol. The Kier molecular flexibility index (Phi) is 5.29. The second kappa shape index (κ2) is 8.44. The average molecular weight is 521 g/mol. The van der Waals surface area contributed by atoms with E-state index in [1.165, 1.54) is 0 Å². The quantitative estimate of drug-likeness (QED) is 0.321. The van der Waals surface area contributed by atoms with Gasteiger partial charge in [-0.25, -0.2) is 9.78 Å². The number of likely N-dealkylation sites (tertiary alicyclic amines) is 1. The number of rotatable bonds is 4. The van der Waals surface area contributed by atoms with Gasteiger partial charge in [0.25, 0.3) is 0 Å². The third-order valence-corrected chi connectivity index (χ3v) is 9.16. The molecule has 3 atom stereocenters. The van der Waals surface area contributed by atoms with E-state index in [4.69, 9.17) is 9.31 Å². The van der Waals surface area contributed by atoms with Crippen molar-refractivity contribution in [2.75, 3.05) is 0 Å². The number of nitrogens with one attached hydrogen (secondary N) is 1. The van der Waals surface area contributed by atoms with Gasteiger partial charge in [-0.15, -0.1) is 0 Å². The second-order valence-corrected chi connectivity index (χ2v) is 12.2. The molecule has 2 aliphatic heterocycles. The Balaban J connectivity index is 1.09. The molecule has 4 aromatic rings. The summed E-state index contributed by atoms with van der Waals surface area (Å²) >= 11 is 0. The largest absolute Gasteiger partial charge is 0.494 e. The highest BCUT2D eigenvalue weighted by atomic mass is 16.7. The average Bonchev–Trinajstić information content (AvgIpc) is 3.23. The minimum absolute atomic E-state index is 0.164. The number of amides is 1. The summed E-state index contributed by atoms with van der Waals surface area (Å²) in [6, 6.07) is 21.3. The predicted octanol–water partition coefficient (Wildman–Crippen LogP) is 6.01. The number of H-pyrrole nitrogens is 1. The van der Waals surface area contributed by atoms with Crippen LogP contribution in [-0.4, -0.2) is 50.4 Å². The number of hydrogen-bond acceptors (Lipinski definition) is 4. The van der Waals surface area contributed by atoms with Gasteiger partial charge < -0.3 is 19.4 Å². The number of nitrogens with zero attached hydrogens (tertiary/aromatic N) is 2. The molecule has 3 fully saturated rings. The topological polar surface area (TPSA) is 87.7 Å². The molecule has 0 radical (unpaired) electrons. The Morgan fingerprint density at radius 1 is 0.923 bits per heavy atom. The van der Waals surface area contributed by atoms with Gasteiger partial charge >= 0.3 is 13.2 Å². The number of benzene rings is 3. The molecule has 198 valence electrons. The van der Waals surface area contributed by atoms with Crippen molar-refractivity contribution in [3.8, 4) is 22.4 Å². The summed E-state index contributed by atoms with van der Waals surface area (Å²) in [6.45, 7) is 8.28. The molecule has 7 nitrogen and oxygen atoms in total. The third kappa shape index (κ3) is 4.05. The van der Waals surface area contributed by atoms with Gasteiger partial charge in [-0.3, -0.25) is 4.90 Å². The zero-order chi connectivity index (χ0) is 27.1. The van der Waals surface area contributed by atoms with Crippen LogP contribution in [-0.2, 0) is 9.31 Å². The first-order valence-corrected chi connectivity index (χ1v) is 13.7. The lowest BCUT2D eigenvalue weighted by Gasteiger charge is -2.32. The summed E-state index contributed by atoms with van der Waals surface area (Å²) in [7, 11) is -0.374. The van der Waals surface area contributed by atoms with Crippen molar-refractivity contribution < 1.29 is 19.2 Å². The summed E-state index contributed by atoms with van der Waals surface area (Å²) in [5.41, 5.74) is 4.49. The van der Waals surface area contributed by atoms with Gasteiger partial charge in [0.05, 0.1) is 29.1 Å². The van der Waals surface area contributed by atoms with Gasteiger partial charge in [0.1, 0.15) is 5.82 Å². The molecular weight excluding hydrogens is 489 g/mol. The molecule has 1 amide bonds. The number of aromatic nitrogens is 2. The fraction of sp³-hybridized carbons (Fsp3) is 0.355. The van der Waals surface area contributed by atoms with Gasteiger partial charge in [0, 0.05) is 6.04 Å². The number of fused-ring (bicyclic) bond motifs is 2. The van der Waals surface area contributed by atoms with E-state index >= 15 is 0 Å². The van der Waals surface area contributed by atoms with E-state index in [0.29, 0.717) is 5.92 Å². The summed E-state index contributed by atoms with van der Waals surface area (Å²) in [4.78, 5) is 21.3. The Labute approximate surface area is 228 Å². The summed E-state index contributed by atoms with van der Waals surface area (Å²) in [6.07, 6.45) is 2.78. The molecule has 1 aliphatic carbocycles. The summed E-state index contributed by atoms with van der Waals surface area (Å²) < 4.78 is 12.5. The minimum atomic E-state index is -0.855. The van der Waals surface area contributed by atoms with Crippen molar-refractivity contribution in [1.82, 2.24) is 14.9 Å². The first-order valence-electron chi connectivity index (χ1n) is 13.7. The highest BCUT2D eigenvalue weighted by Gasteiger charge is 2.55. The zero-order valence-corrected chi connectivity index (χ0v) is 22.6. The minimum Gasteiger partial charge on any atom is -0.465 e. The number of carbonyl (C=O) groups is 1. The van der Waals surface area contributed by atoms with Crippen LogP contribution in [0.25, 0.3) is 33.2 Å². The number of imidazole rings is 1. The van der Waals surface area contributed by atoms with E-state index in [9.17, 15) is 9.90 Å².